The van der Waals surface area contributed by atoms with E-state index in [4.69, 9.17) is 4.74 Å². The van der Waals surface area contributed by atoms with Gasteiger partial charge in [-0.25, -0.2) is 9.78 Å². The van der Waals surface area contributed by atoms with Gasteiger partial charge < -0.3 is 10.1 Å². The van der Waals surface area contributed by atoms with E-state index < -0.39 is 23.4 Å². The van der Waals surface area contributed by atoms with Crippen molar-refractivity contribution in [2.75, 3.05) is 11.9 Å². The van der Waals surface area contributed by atoms with Crippen LogP contribution in [0.5, 0.6) is 0 Å². The minimum atomic E-state index is -0.818. The van der Waals surface area contributed by atoms with E-state index in [0.29, 0.717) is 16.6 Å². The average Bonchev–Trinajstić information content (AvgIpc) is 2.67. The van der Waals surface area contributed by atoms with Crippen LogP contribution in [0.15, 0.2) is 48.7 Å². The van der Waals surface area contributed by atoms with Crippen molar-refractivity contribution in [3.05, 3.63) is 70.0 Å². The molecule has 2 aromatic carbocycles. The van der Waals surface area contributed by atoms with E-state index in [1.165, 1.54) is 18.3 Å². The molecular formula is C18H14N4O5. The number of aryl methyl sites for hydroxylation is 1. The van der Waals surface area contributed by atoms with E-state index in [-0.39, 0.29) is 17.1 Å². The van der Waals surface area contributed by atoms with Crippen molar-refractivity contribution in [2.45, 2.75) is 6.92 Å². The number of fused-ring (bicyclic) bond motifs is 1. The van der Waals surface area contributed by atoms with Gasteiger partial charge >= 0.3 is 5.97 Å². The molecule has 9 heteroatoms. The number of para-hydroxylation sites is 2. The topological polar surface area (TPSA) is 124 Å². The molecule has 3 rings (SSSR count). The van der Waals surface area contributed by atoms with Gasteiger partial charge in [-0.1, -0.05) is 18.2 Å². The van der Waals surface area contributed by atoms with Crippen LogP contribution in [0.4, 0.5) is 11.4 Å². The van der Waals surface area contributed by atoms with Gasteiger partial charge in [-0.2, -0.15) is 0 Å². The zero-order valence-electron chi connectivity index (χ0n) is 14.2. The van der Waals surface area contributed by atoms with Crippen LogP contribution in [0, 0.1) is 17.0 Å². The largest absolute Gasteiger partial charge is 0.451 e. The minimum absolute atomic E-state index is 0.0251. The highest BCUT2D eigenvalue weighted by molar-refractivity contribution is 5.96. The van der Waals surface area contributed by atoms with Gasteiger partial charge in [0.25, 0.3) is 11.6 Å². The van der Waals surface area contributed by atoms with Gasteiger partial charge in [-0.3, -0.25) is 19.9 Å². The molecule has 0 saturated carbocycles. The first-order valence-corrected chi connectivity index (χ1v) is 7.88. The fraction of sp³-hybridized carbons (Fsp3) is 0.111. The molecule has 0 atom stereocenters. The summed E-state index contributed by atoms with van der Waals surface area (Å²) in [5.41, 5.74) is 1.57. The van der Waals surface area contributed by atoms with Gasteiger partial charge in [0.2, 0.25) is 0 Å². The van der Waals surface area contributed by atoms with Crippen molar-refractivity contribution in [3.63, 3.8) is 0 Å². The standard InChI is InChI=1S/C18H14N4O5/c1-11-6-7-14(16(8-11)22(25)26)21-17(23)10-27-18(24)15-9-19-12-4-2-3-5-13(12)20-15/h2-9H,10H2,1H3,(H,21,23). The molecule has 136 valence electrons. The van der Waals surface area contributed by atoms with Crippen LogP contribution in [0.3, 0.4) is 0 Å². The van der Waals surface area contributed by atoms with Gasteiger partial charge in [0.1, 0.15) is 5.69 Å². The molecule has 3 aromatic rings. The molecule has 9 nitrogen and oxygen atoms in total. The molecule has 0 radical (unpaired) electrons. The number of nitrogens with zero attached hydrogens (tertiary/aromatic N) is 3. The van der Waals surface area contributed by atoms with Crippen molar-refractivity contribution in [1.82, 2.24) is 9.97 Å². The van der Waals surface area contributed by atoms with Crippen molar-refractivity contribution in [2.24, 2.45) is 0 Å². The smallest absolute Gasteiger partial charge is 0.359 e. The van der Waals surface area contributed by atoms with Crippen molar-refractivity contribution in [3.8, 4) is 0 Å². The van der Waals surface area contributed by atoms with Crippen LogP contribution in [-0.4, -0.2) is 33.4 Å². The first-order chi connectivity index (χ1) is 12.9. The summed E-state index contributed by atoms with van der Waals surface area (Å²) in [4.78, 5) is 42.7. The molecule has 0 bridgehead atoms. The third-order valence-electron chi connectivity index (χ3n) is 3.62. The molecule has 1 heterocycles. The molecule has 0 unspecified atom stereocenters. The molecule has 0 fully saturated rings. The van der Waals surface area contributed by atoms with Crippen molar-refractivity contribution >= 4 is 34.3 Å². The minimum Gasteiger partial charge on any atom is -0.451 e. The molecule has 0 saturated heterocycles. The van der Waals surface area contributed by atoms with Crippen LogP contribution in [0.25, 0.3) is 11.0 Å². The van der Waals surface area contributed by atoms with E-state index >= 15 is 0 Å². The molecule has 1 N–H and O–H groups in total. The summed E-state index contributed by atoms with van der Waals surface area (Å²) < 4.78 is 4.91. The second-order valence-electron chi connectivity index (χ2n) is 5.65. The molecule has 27 heavy (non-hydrogen) atoms. The number of nitro groups is 1. The number of hydrogen-bond acceptors (Lipinski definition) is 7. The zero-order valence-corrected chi connectivity index (χ0v) is 14.2. The van der Waals surface area contributed by atoms with Gasteiger partial charge in [0.15, 0.2) is 12.3 Å². The van der Waals surface area contributed by atoms with Crippen LogP contribution in [-0.2, 0) is 9.53 Å². The Bertz CT molecular complexity index is 1050. The Labute approximate surface area is 153 Å². The lowest BCUT2D eigenvalue weighted by Crippen LogP contribution is -2.22. The zero-order chi connectivity index (χ0) is 19.4. The summed E-state index contributed by atoms with van der Waals surface area (Å²) in [5, 5.41) is 13.4. The summed E-state index contributed by atoms with van der Waals surface area (Å²) in [6, 6.07) is 11.4. The summed E-state index contributed by atoms with van der Waals surface area (Å²) in [6.45, 7) is 1.09. The summed E-state index contributed by atoms with van der Waals surface area (Å²) in [7, 11) is 0. The quantitative estimate of drug-likeness (QED) is 0.418. The Balaban J connectivity index is 1.65. The Morgan fingerprint density at radius 3 is 2.67 bits per heavy atom. The van der Waals surface area contributed by atoms with Crippen LogP contribution < -0.4 is 5.32 Å². The number of benzene rings is 2. The van der Waals surface area contributed by atoms with E-state index in [1.54, 1.807) is 37.3 Å². The maximum Gasteiger partial charge on any atom is 0.359 e. The fourth-order valence-corrected chi connectivity index (χ4v) is 2.35. The number of esters is 1. The average molecular weight is 366 g/mol. The number of hydrogen-bond donors (Lipinski definition) is 1. The van der Waals surface area contributed by atoms with Gasteiger partial charge in [-0.15, -0.1) is 0 Å². The Kier molecular flexibility index (Phi) is 5.02. The number of nitro benzene ring substituents is 1. The monoisotopic (exact) mass is 366 g/mol. The second-order valence-corrected chi connectivity index (χ2v) is 5.65. The van der Waals surface area contributed by atoms with Crippen LogP contribution >= 0.6 is 0 Å². The van der Waals surface area contributed by atoms with E-state index in [1.807, 2.05) is 0 Å². The summed E-state index contributed by atoms with van der Waals surface area (Å²) in [6.07, 6.45) is 1.26. The third-order valence-corrected chi connectivity index (χ3v) is 3.62. The van der Waals surface area contributed by atoms with E-state index in [2.05, 4.69) is 15.3 Å². The molecule has 0 aliphatic carbocycles. The summed E-state index contributed by atoms with van der Waals surface area (Å²) >= 11 is 0. The third kappa shape index (κ3) is 4.21. The van der Waals surface area contributed by atoms with Crippen LogP contribution in [0.2, 0.25) is 0 Å². The predicted molar refractivity (Wildman–Crippen MR) is 96.3 cm³/mol. The van der Waals surface area contributed by atoms with Crippen molar-refractivity contribution in [1.29, 1.82) is 0 Å². The molecule has 1 amide bonds. The maximum absolute atomic E-state index is 12.1. The number of ether oxygens (including phenoxy) is 1. The van der Waals surface area contributed by atoms with Crippen molar-refractivity contribution < 1.29 is 19.2 Å². The highest BCUT2D eigenvalue weighted by atomic mass is 16.6. The number of nitrogens with one attached hydrogen (secondary N) is 1. The van der Waals surface area contributed by atoms with E-state index in [9.17, 15) is 19.7 Å². The lowest BCUT2D eigenvalue weighted by molar-refractivity contribution is -0.384. The second kappa shape index (κ2) is 7.56. The molecule has 0 aliphatic heterocycles. The Morgan fingerprint density at radius 1 is 1.19 bits per heavy atom. The highest BCUT2D eigenvalue weighted by Crippen LogP contribution is 2.25. The predicted octanol–water partition coefficient (Wildman–Crippen LogP) is 2.64. The normalized spacial score (nSPS) is 10.4. The van der Waals surface area contributed by atoms with Crippen LogP contribution in [0.1, 0.15) is 16.1 Å². The number of carbonyl (C=O) groups excluding carboxylic acids is 2. The molecule has 1 aromatic heterocycles. The molecular weight excluding hydrogens is 352 g/mol. The van der Waals surface area contributed by atoms with Gasteiger partial charge in [0, 0.05) is 6.07 Å². The SMILES string of the molecule is Cc1ccc(NC(=O)COC(=O)c2cnc3ccccc3n2)c([N+](=O)[O-])c1. The lowest BCUT2D eigenvalue weighted by atomic mass is 10.2. The summed E-state index contributed by atoms with van der Waals surface area (Å²) in [5.74, 6) is -1.52. The molecule has 0 aliphatic rings. The fourth-order valence-electron chi connectivity index (χ4n) is 2.35. The first kappa shape index (κ1) is 17.9. The first-order valence-electron chi connectivity index (χ1n) is 7.88. The number of rotatable bonds is 5. The molecule has 0 spiro atoms. The number of carbonyl (C=O) groups is 2. The Hall–Kier alpha value is -3.88. The lowest BCUT2D eigenvalue weighted by Gasteiger charge is -2.07. The van der Waals surface area contributed by atoms with E-state index in [0.717, 1.165) is 0 Å². The number of amides is 1. The number of aromatic nitrogens is 2. The van der Waals surface area contributed by atoms with Gasteiger partial charge in [-0.05, 0) is 30.7 Å². The van der Waals surface area contributed by atoms with Gasteiger partial charge in [0.05, 0.1) is 22.2 Å². The Morgan fingerprint density at radius 2 is 1.93 bits per heavy atom. The highest BCUT2D eigenvalue weighted by Gasteiger charge is 2.18. The number of anilines is 1. The maximum atomic E-state index is 12.1.